The second kappa shape index (κ2) is 7.32. The molecule has 29 heavy (non-hydrogen) atoms. The lowest BCUT2D eigenvalue weighted by atomic mass is 10.00. The van der Waals surface area contributed by atoms with E-state index < -0.39 is 0 Å². The molecule has 2 aromatic carbocycles. The van der Waals surface area contributed by atoms with E-state index in [1.54, 1.807) is 24.5 Å². The summed E-state index contributed by atoms with van der Waals surface area (Å²) in [6.45, 7) is 0. The topological polar surface area (TPSA) is 54.9 Å². The zero-order valence-corrected chi connectivity index (χ0v) is 15.8. The number of hydrogen-bond acceptors (Lipinski definition) is 3. The summed E-state index contributed by atoms with van der Waals surface area (Å²) in [4.78, 5) is 22.2. The number of rotatable bonds is 3. The summed E-state index contributed by atoms with van der Waals surface area (Å²) in [5, 5.41) is 3.91. The highest BCUT2D eigenvalue weighted by molar-refractivity contribution is 6.14. The highest BCUT2D eigenvalue weighted by Crippen LogP contribution is 2.37. The molecule has 140 valence electrons. The number of benzene rings is 2. The fourth-order valence-corrected chi connectivity index (χ4v) is 3.92. The van der Waals surface area contributed by atoms with Crippen molar-refractivity contribution in [3.8, 4) is 0 Å². The van der Waals surface area contributed by atoms with E-state index >= 15 is 0 Å². The second-order valence-corrected chi connectivity index (χ2v) is 7.10. The van der Waals surface area contributed by atoms with Crippen molar-refractivity contribution in [2.24, 2.45) is 0 Å². The number of amides is 1. The quantitative estimate of drug-likeness (QED) is 0.522. The third kappa shape index (κ3) is 3.29. The first-order chi connectivity index (χ1) is 14.3. The first kappa shape index (κ1) is 17.3. The van der Waals surface area contributed by atoms with Crippen LogP contribution in [0.25, 0.3) is 22.6 Å². The number of pyridine rings is 2. The number of fused-ring (bicyclic) bond motifs is 2. The Morgan fingerprint density at radius 3 is 2.48 bits per heavy atom. The van der Waals surface area contributed by atoms with Gasteiger partial charge in [-0.05, 0) is 53.8 Å². The number of nitrogens with one attached hydrogen (secondary N) is 1. The third-order valence-corrected chi connectivity index (χ3v) is 5.25. The van der Waals surface area contributed by atoms with Crippen LogP contribution in [-0.2, 0) is 6.42 Å². The molecule has 0 bridgehead atoms. The molecule has 0 saturated heterocycles. The van der Waals surface area contributed by atoms with Gasteiger partial charge in [0.15, 0.2) is 0 Å². The number of carbonyl (C=O) groups excluding carboxylic acids is 1. The molecule has 5 rings (SSSR count). The standard InChI is InChI=1S/C25H19N3O/c29-25(27-19-12-14-26-15-13-19)23-20-8-4-5-9-22(20)28-24-18(10-11-21(23)24)16-17-6-2-1-3-7-17/h1-9,12-16H,10-11H2,(H,26,27,29)/b18-16+. The molecule has 2 heterocycles. The van der Waals surface area contributed by atoms with Crippen molar-refractivity contribution < 1.29 is 4.79 Å². The van der Waals surface area contributed by atoms with Crippen molar-refractivity contribution in [1.29, 1.82) is 0 Å². The Morgan fingerprint density at radius 1 is 0.897 bits per heavy atom. The van der Waals surface area contributed by atoms with E-state index in [2.05, 4.69) is 28.5 Å². The maximum absolute atomic E-state index is 13.3. The third-order valence-electron chi connectivity index (χ3n) is 5.25. The van der Waals surface area contributed by atoms with Crippen molar-refractivity contribution in [2.45, 2.75) is 12.8 Å². The molecular formula is C25H19N3O. The Bertz CT molecular complexity index is 1230. The molecule has 1 amide bonds. The van der Waals surface area contributed by atoms with Gasteiger partial charge in [-0.1, -0.05) is 48.5 Å². The van der Waals surface area contributed by atoms with Gasteiger partial charge in [0.1, 0.15) is 0 Å². The van der Waals surface area contributed by atoms with Crippen LogP contribution in [0, 0.1) is 0 Å². The van der Waals surface area contributed by atoms with Crippen LogP contribution in [0.4, 0.5) is 5.69 Å². The van der Waals surface area contributed by atoms with Crippen LogP contribution in [0.3, 0.4) is 0 Å². The lowest BCUT2D eigenvalue weighted by Gasteiger charge is -2.13. The minimum Gasteiger partial charge on any atom is -0.322 e. The zero-order chi connectivity index (χ0) is 19.6. The number of hydrogen-bond donors (Lipinski definition) is 1. The van der Waals surface area contributed by atoms with Crippen molar-refractivity contribution in [3.05, 3.63) is 102 Å². The fourth-order valence-electron chi connectivity index (χ4n) is 3.92. The van der Waals surface area contributed by atoms with E-state index in [0.717, 1.165) is 51.8 Å². The van der Waals surface area contributed by atoms with E-state index in [-0.39, 0.29) is 5.91 Å². The fraction of sp³-hybridized carbons (Fsp3) is 0.0800. The van der Waals surface area contributed by atoms with Gasteiger partial charge in [-0.2, -0.15) is 0 Å². The smallest absolute Gasteiger partial charge is 0.256 e. The van der Waals surface area contributed by atoms with Crippen LogP contribution in [0.2, 0.25) is 0 Å². The molecular weight excluding hydrogens is 358 g/mol. The molecule has 0 radical (unpaired) electrons. The Hall–Kier alpha value is -3.79. The predicted molar refractivity (Wildman–Crippen MR) is 117 cm³/mol. The molecule has 0 spiro atoms. The van der Waals surface area contributed by atoms with Crippen molar-refractivity contribution >= 4 is 34.1 Å². The monoisotopic (exact) mass is 377 g/mol. The van der Waals surface area contributed by atoms with Crippen LogP contribution < -0.4 is 5.32 Å². The van der Waals surface area contributed by atoms with Crippen molar-refractivity contribution in [3.63, 3.8) is 0 Å². The lowest BCUT2D eigenvalue weighted by Crippen LogP contribution is -2.15. The number of allylic oxidation sites excluding steroid dienone is 1. The van der Waals surface area contributed by atoms with Crippen LogP contribution in [0.15, 0.2) is 79.1 Å². The molecule has 0 fully saturated rings. The minimum absolute atomic E-state index is 0.105. The molecule has 0 saturated carbocycles. The average Bonchev–Trinajstić information content (AvgIpc) is 3.15. The largest absolute Gasteiger partial charge is 0.322 e. The van der Waals surface area contributed by atoms with Gasteiger partial charge in [-0.3, -0.25) is 9.78 Å². The van der Waals surface area contributed by atoms with Gasteiger partial charge in [0.05, 0.1) is 16.8 Å². The molecule has 2 aromatic heterocycles. The van der Waals surface area contributed by atoms with E-state index in [1.165, 1.54) is 5.57 Å². The summed E-state index contributed by atoms with van der Waals surface area (Å²) in [7, 11) is 0. The molecule has 1 aliphatic rings. The molecule has 0 aliphatic heterocycles. The van der Waals surface area contributed by atoms with Crippen LogP contribution in [-0.4, -0.2) is 15.9 Å². The summed E-state index contributed by atoms with van der Waals surface area (Å²) < 4.78 is 0. The van der Waals surface area contributed by atoms with Crippen molar-refractivity contribution in [1.82, 2.24) is 9.97 Å². The van der Waals surface area contributed by atoms with Crippen LogP contribution in [0.5, 0.6) is 0 Å². The van der Waals surface area contributed by atoms with Crippen LogP contribution >= 0.6 is 0 Å². The Morgan fingerprint density at radius 2 is 1.66 bits per heavy atom. The van der Waals surface area contributed by atoms with Gasteiger partial charge in [-0.15, -0.1) is 0 Å². The first-order valence-electron chi connectivity index (χ1n) is 9.68. The van der Waals surface area contributed by atoms with Gasteiger partial charge < -0.3 is 5.32 Å². The summed E-state index contributed by atoms with van der Waals surface area (Å²) in [5.41, 5.74) is 6.58. The van der Waals surface area contributed by atoms with E-state index in [9.17, 15) is 4.79 Å². The SMILES string of the molecule is O=C(Nc1ccncc1)c1c2c(nc3ccccc13)/C(=C/c1ccccc1)CC2. The summed E-state index contributed by atoms with van der Waals surface area (Å²) in [6.07, 6.45) is 7.21. The molecule has 1 N–H and O–H groups in total. The van der Waals surface area contributed by atoms with E-state index in [0.29, 0.717) is 0 Å². The number of aromatic nitrogens is 2. The number of carbonyl (C=O) groups is 1. The Labute approximate surface area is 169 Å². The Balaban J connectivity index is 1.65. The number of anilines is 1. The summed E-state index contributed by atoms with van der Waals surface area (Å²) >= 11 is 0. The maximum Gasteiger partial charge on any atom is 0.256 e. The zero-order valence-electron chi connectivity index (χ0n) is 15.8. The normalized spacial score (nSPS) is 14.1. The van der Waals surface area contributed by atoms with E-state index in [1.807, 2.05) is 42.5 Å². The van der Waals surface area contributed by atoms with Gasteiger partial charge in [0.25, 0.3) is 5.91 Å². The first-order valence-corrected chi connectivity index (χ1v) is 9.68. The Kier molecular flexibility index (Phi) is 4.37. The molecule has 4 aromatic rings. The highest BCUT2D eigenvalue weighted by atomic mass is 16.1. The summed E-state index contributed by atoms with van der Waals surface area (Å²) in [6, 6.07) is 21.7. The van der Waals surface area contributed by atoms with Crippen molar-refractivity contribution in [2.75, 3.05) is 5.32 Å². The van der Waals surface area contributed by atoms with Gasteiger partial charge >= 0.3 is 0 Å². The minimum atomic E-state index is -0.105. The number of nitrogens with zero attached hydrogens (tertiary/aromatic N) is 2. The summed E-state index contributed by atoms with van der Waals surface area (Å²) in [5.74, 6) is -0.105. The maximum atomic E-state index is 13.3. The van der Waals surface area contributed by atoms with Gasteiger partial charge in [0, 0.05) is 23.5 Å². The van der Waals surface area contributed by atoms with Gasteiger partial charge in [-0.25, -0.2) is 4.98 Å². The molecule has 0 atom stereocenters. The van der Waals surface area contributed by atoms with E-state index in [4.69, 9.17) is 4.98 Å². The number of para-hydroxylation sites is 1. The predicted octanol–water partition coefficient (Wildman–Crippen LogP) is 5.37. The second-order valence-electron chi connectivity index (χ2n) is 7.10. The lowest BCUT2D eigenvalue weighted by molar-refractivity contribution is 0.102. The van der Waals surface area contributed by atoms with Crippen LogP contribution in [0.1, 0.15) is 33.6 Å². The average molecular weight is 377 g/mol. The molecule has 0 unspecified atom stereocenters. The van der Waals surface area contributed by atoms with Gasteiger partial charge in [0.2, 0.25) is 0 Å². The highest BCUT2D eigenvalue weighted by Gasteiger charge is 2.26. The molecule has 4 nitrogen and oxygen atoms in total. The molecule has 4 heteroatoms. The molecule has 1 aliphatic carbocycles.